The number of hydrogen-bond acceptors (Lipinski definition) is 2. The lowest BCUT2D eigenvalue weighted by Gasteiger charge is -2.15. The minimum atomic E-state index is 0.938. The summed E-state index contributed by atoms with van der Waals surface area (Å²) in [6.45, 7) is 10.4. The Bertz CT molecular complexity index is 345. The molecule has 0 unspecified atom stereocenters. The second-order valence-corrected chi connectivity index (χ2v) is 3.92. The third-order valence-electron chi connectivity index (χ3n) is 2.90. The first kappa shape index (κ1) is 12.1. The molecule has 0 saturated carbocycles. The van der Waals surface area contributed by atoms with Crippen LogP contribution in [0.25, 0.3) is 0 Å². The van der Waals surface area contributed by atoms with Crippen molar-refractivity contribution in [1.82, 2.24) is 5.32 Å². The molecule has 0 aromatic heterocycles. The molecular formula is C13H21NO. The number of hydrogen-bond donors (Lipinski definition) is 1. The molecular weight excluding hydrogens is 186 g/mol. The van der Waals surface area contributed by atoms with Gasteiger partial charge < -0.3 is 10.1 Å². The van der Waals surface area contributed by atoms with E-state index in [2.05, 4.69) is 39.1 Å². The summed E-state index contributed by atoms with van der Waals surface area (Å²) in [6.07, 6.45) is 0. The quantitative estimate of drug-likeness (QED) is 0.819. The first-order chi connectivity index (χ1) is 7.11. The van der Waals surface area contributed by atoms with Gasteiger partial charge in [-0.2, -0.15) is 0 Å². The standard InChI is InChI=1S/C13H21NO/c1-6-14-8-12-7-9(2)13(15-5)11(4)10(12)3/h7,14H,6,8H2,1-5H3. The van der Waals surface area contributed by atoms with Crippen LogP contribution in [-0.2, 0) is 6.54 Å². The highest BCUT2D eigenvalue weighted by Gasteiger charge is 2.09. The van der Waals surface area contributed by atoms with E-state index in [-0.39, 0.29) is 0 Å². The van der Waals surface area contributed by atoms with Gasteiger partial charge in [-0.25, -0.2) is 0 Å². The van der Waals surface area contributed by atoms with Crippen molar-refractivity contribution in [2.45, 2.75) is 34.2 Å². The number of benzene rings is 1. The number of methoxy groups -OCH3 is 1. The fraction of sp³-hybridized carbons (Fsp3) is 0.538. The van der Waals surface area contributed by atoms with Crippen LogP contribution in [0.1, 0.15) is 29.2 Å². The maximum atomic E-state index is 5.40. The number of rotatable bonds is 4. The third-order valence-corrected chi connectivity index (χ3v) is 2.90. The van der Waals surface area contributed by atoms with Gasteiger partial charge >= 0.3 is 0 Å². The zero-order chi connectivity index (χ0) is 11.4. The Hall–Kier alpha value is -1.02. The Morgan fingerprint density at radius 1 is 1.20 bits per heavy atom. The molecule has 2 heteroatoms. The molecule has 1 rings (SSSR count). The van der Waals surface area contributed by atoms with E-state index in [0.717, 1.165) is 18.8 Å². The van der Waals surface area contributed by atoms with E-state index in [1.807, 2.05) is 0 Å². The summed E-state index contributed by atoms with van der Waals surface area (Å²) in [7, 11) is 1.73. The number of ether oxygens (including phenoxy) is 1. The highest BCUT2D eigenvalue weighted by atomic mass is 16.5. The van der Waals surface area contributed by atoms with Gasteiger partial charge in [-0.15, -0.1) is 0 Å². The largest absolute Gasteiger partial charge is 0.496 e. The van der Waals surface area contributed by atoms with Gasteiger partial charge in [0, 0.05) is 6.54 Å². The molecule has 0 fully saturated rings. The Balaban J connectivity index is 3.10. The summed E-state index contributed by atoms with van der Waals surface area (Å²) < 4.78 is 5.40. The van der Waals surface area contributed by atoms with E-state index in [4.69, 9.17) is 4.74 Å². The van der Waals surface area contributed by atoms with Crippen molar-refractivity contribution >= 4 is 0 Å². The zero-order valence-corrected chi connectivity index (χ0v) is 10.4. The summed E-state index contributed by atoms with van der Waals surface area (Å²) >= 11 is 0. The lowest BCUT2D eigenvalue weighted by Crippen LogP contribution is -2.13. The van der Waals surface area contributed by atoms with E-state index in [1.165, 1.54) is 22.3 Å². The van der Waals surface area contributed by atoms with E-state index >= 15 is 0 Å². The topological polar surface area (TPSA) is 21.3 Å². The molecule has 0 spiro atoms. The van der Waals surface area contributed by atoms with Crippen molar-refractivity contribution in [1.29, 1.82) is 0 Å². The molecule has 84 valence electrons. The maximum absolute atomic E-state index is 5.40. The fourth-order valence-electron chi connectivity index (χ4n) is 1.90. The van der Waals surface area contributed by atoms with Gasteiger partial charge in [-0.3, -0.25) is 0 Å². The van der Waals surface area contributed by atoms with Gasteiger partial charge in [0.25, 0.3) is 0 Å². The summed E-state index contributed by atoms with van der Waals surface area (Å²) in [5, 5.41) is 3.36. The molecule has 1 aromatic carbocycles. The molecule has 0 atom stereocenters. The van der Waals surface area contributed by atoms with Gasteiger partial charge in [0.1, 0.15) is 5.75 Å². The zero-order valence-electron chi connectivity index (χ0n) is 10.4. The average Bonchev–Trinajstić information content (AvgIpc) is 2.22. The molecule has 0 radical (unpaired) electrons. The lowest BCUT2D eigenvalue weighted by atomic mass is 9.98. The molecule has 0 heterocycles. The van der Waals surface area contributed by atoms with Crippen molar-refractivity contribution in [3.63, 3.8) is 0 Å². The lowest BCUT2D eigenvalue weighted by molar-refractivity contribution is 0.408. The minimum absolute atomic E-state index is 0.938. The van der Waals surface area contributed by atoms with Crippen LogP contribution in [-0.4, -0.2) is 13.7 Å². The smallest absolute Gasteiger partial charge is 0.124 e. The monoisotopic (exact) mass is 207 g/mol. The summed E-state index contributed by atoms with van der Waals surface area (Å²) in [6, 6.07) is 2.21. The first-order valence-electron chi connectivity index (χ1n) is 5.46. The molecule has 15 heavy (non-hydrogen) atoms. The van der Waals surface area contributed by atoms with Gasteiger partial charge in [-0.05, 0) is 49.6 Å². The Morgan fingerprint density at radius 3 is 2.40 bits per heavy atom. The molecule has 1 N–H and O–H groups in total. The second kappa shape index (κ2) is 5.17. The van der Waals surface area contributed by atoms with Crippen LogP contribution < -0.4 is 10.1 Å². The van der Waals surface area contributed by atoms with Gasteiger partial charge in [-0.1, -0.05) is 13.0 Å². The minimum Gasteiger partial charge on any atom is -0.496 e. The van der Waals surface area contributed by atoms with E-state index < -0.39 is 0 Å². The van der Waals surface area contributed by atoms with Crippen LogP contribution in [0, 0.1) is 20.8 Å². The fourth-order valence-corrected chi connectivity index (χ4v) is 1.90. The van der Waals surface area contributed by atoms with Crippen LogP contribution in [0.3, 0.4) is 0 Å². The maximum Gasteiger partial charge on any atom is 0.124 e. The number of nitrogens with one attached hydrogen (secondary N) is 1. The molecule has 2 nitrogen and oxygen atoms in total. The van der Waals surface area contributed by atoms with Crippen LogP contribution >= 0.6 is 0 Å². The van der Waals surface area contributed by atoms with Crippen LogP contribution in [0.4, 0.5) is 0 Å². The summed E-state index contributed by atoms with van der Waals surface area (Å²) in [5.74, 6) is 1.02. The van der Waals surface area contributed by atoms with Crippen LogP contribution in [0.5, 0.6) is 5.75 Å². The normalized spacial score (nSPS) is 10.5. The van der Waals surface area contributed by atoms with Gasteiger partial charge in [0.05, 0.1) is 7.11 Å². The van der Waals surface area contributed by atoms with Crippen molar-refractivity contribution in [2.75, 3.05) is 13.7 Å². The summed E-state index contributed by atoms with van der Waals surface area (Å²) in [5.41, 5.74) is 5.17. The highest BCUT2D eigenvalue weighted by Crippen LogP contribution is 2.28. The van der Waals surface area contributed by atoms with Crippen molar-refractivity contribution < 1.29 is 4.74 Å². The molecule has 0 saturated heterocycles. The van der Waals surface area contributed by atoms with Crippen molar-refractivity contribution in [3.05, 3.63) is 28.3 Å². The summed E-state index contributed by atoms with van der Waals surface area (Å²) in [4.78, 5) is 0. The van der Waals surface area contributed by atoms with Crippen molar-refractivity contribution in [3.8, 4) is 5.75 Å². The highest BCUT2D eigenvalue weighted by molar-refractivity contribution is 5.48. The predicted molar refractivity (Wildman–Crippen MR) is 64.6 cm³/mol. The molecule has 0 aliphatic carbocycles. The third kappa shape index (κ3) is 2.51. The molecule has 0 aliphatic rings. The molecule has 0 amide bonds. The van der Waals surface area contributed by atoms with Crippen molar-refractivity contribution in [2.24, 2.45) is 0 Å². The van der Waals surface area contributed by atoms with Gasteiger partial charge in [0.15, 0.2) is 0 Å². The van der Waals surface area contributed by atoms with E-state index in [9.17, 15) is 0 Å². The Morgan fingerprint density at radius 2 is 1.87 bits per heavy atom. The first-order valence-corrected chi connectivity index (χ1v) is 5.46. The Kier molecular flexibility index (Phi) is 4.15. The predicted octanol–water partition coefficient (Wildman–Crippen LogP) is 2.73. The second-order valence-electron chi connectivity index (χ2n) is 3.92. The SMILES string of the molecule is CCNCc1cc(C)c(OC)c(C)c1C. The average molecular weight is 207 g/mol. The number of aryl methyl sites for hydroxylation is 1. The molecule has 0 aliphatic heterocycles. The Labute approximate surface area is 92.6 Å². The molecule has 0 bridgehead atoms. The van der Waals surface area contributed by atoms with E-state index in [0.29, 0.717) is 0 Å². The van der Waals surface area contributed by atoms with Crippen LogP contribution in [0.2, 0.25) is 0 Å². The van der Waals surface area contributed by atoms with Crippen LogP contribution in [0.15, 0.2) is 6.07 Å². The van der Waals surface area contributed by atoms with E-state index in [1.54, 1.807) is 7.11 Å². The van der Waals surface area contributed by atoms with Gasteiger partial charge in [0.2, 0.25) is 0 Å². The molecule has 1 aromatic rings.